The molecular formula is C17H18ClF2N. The van der Waals surface area contributed by atoms with E-state index in [1.54, 1.807) is 24.3 Å². The third kappa shape index (κ3) is 3.80. The van der Waals surface area contributed by atoms with E-state index in [1.807, 2.05) is 13.8 Å². The highest BCUT2D eigenvalue weighted by Gasteiger charge is 2.19. The molecule has 1 N–H and O–H groups in total. The van der Waals surface area contributed by atoms with Gasteiger partial charge in [-0.25, -0.2) is 8.78 Å². The molecule has 0 amide bonds. The zero-order chi connectivity index (χ0) is 15.4. The van der Waals surface area contributed by atoms with Crippen molar-refractivity contribution in [3.63, 3.8) is 0 Å². The molecule has 2 aromatic carbocycles. The summed E-state index contributed by atoms with van der Waals surface area (Å²) in [6.45, 7) is 4.50. The molecule has 21 heavy (non-hydrogen) atoms. The average Bonchev–Trinajstić information content (AvgIpc) is 2.44. The van der Waals surface area contributed by atoms with E-state index in [1.165, 1.54) is 12.1 Å². The first-order chi connectivity index (χ1) is 10.0. The highest BCUT2D eigenvalue weighted by Crippen LogP contribution is 2.27. The Labute approximate surface area is 128 Å². The standard InChI is InChI=1S/C17H18ClF2N/c1-3-21-17(13-9-11(2)7-8-16(13)20)10-12-14(18)5-4-6-15(12)19/h4-9,17,21H,3,10H2,1-2H3. The molecule has 0 saturated carbocycles. The molecule has 1 atom stereocenters. The van der Waals surface area contributed by atoms with E-state index in [0.29, 0.717) is 29.1 Å². The monoisotopic (exact) mass is 309 g/mol. The second-order valence-electron chi connectivity index (χ2n) is 5.04. The fourth-order valence-corrected chi connectivity index (χ4v) is 2.64. The Hall–Kier alpha value is -1.45. The molecule has 0 fully saturated rings. The Morgan fingerprint density at radius 3 is 2.57 bits per heavy atom. The Kier molecular flexibility index (Phi) is 5.32. The quantitative estimate of drug-likeness (QED) is 0.835. The second-order valence-corrected chi connectivity index (χ2v) is 5.45. The number of hydrogen-bond donors (Lipinski definition) is 1. The van der Waals surface area contributed by atoms with Crippen LogP contribution in [0.15, 0.2) is 36.4 Å². The molecule has 0 aromatic heterocycles. The lowest BCUT2D eigenvalue weighted by Crippen LogP contribution is -2.24. The molecule has 0 aliphatic heterocycles. The van der Waals surface area contributed by atoms with E-state index in [9.17, 15) is 8.78 Å². The summed E-state index contributed by atoms with van der Waals surface area (Å²) in [4.78, 5) is 0. The lowest BCUT2D eigenvalue weighted by Gasteiger charge is -2.20. The van der Waals surface area contributed by atoms with Gasteiger partial charge in [-0.15, -0.1) is 0 Å². The maximum atomic E-state index is 14.1. The lowest BCUT2D eigenvalue weighted by molar-refractivity contribution is 0.498. The summed E-state index contributed by atoms with van der Waals surface area (Å²) in [5.74, 6) is -0.655. The van der Waals surface area contributed by atoms with Crippen molar-refractivity contribution in [2.75, 3.05) is 6.54 Å². The summed E-state index contributed by atoms with van der Waals surface area (Å²) in [7, 11) is 0. The van der Waals surface area contributed by atoms with Crippen LogP contribution in [-0.2, 0) is 6.42 Å². The Morgan fingerprint density at radius 2 is 1.90 bits per heavy atom. The SMILES string of the molecule is CCNC(Cc1c(F)cccc1Cl)c1cc(C)ccc1F. The first-order valence-corrected chi connectivity index (χ1v) is 7.33. The van der Waals surface area contributed by atoms with Crippen molar-refractivity contribution in [1.29, 1.82) is 0 Å². The van der Waals surface area contributed by atoms with Crippen LogP contribution in [0.3, 0.4) is 0 Å². The fourth-order valence-electron chi connectivity index (χ4n) is 2.40. The van der Waals surface area contributed by atoms with Crippen molar-refractivity contribution < 1.29 is 8.78 Å². The second kappa shape index (κ2) is 7.01. The topological polar surface area (TPSA) is 12.0 Å². The summed E-state index contributed by atoms with van der Waals surface area (Å²) in [6.07, 6.45) is 0.305. The predicted octanol–water partition coefficient (Wildman–Crippen LogP) is 4.82. The van der Waals surface area contributed by atoms with E-state index in [4.69, 9.17) is 11.6 Å². The maximum Gasteiger partial charge on any atom is 0.128 e. The Morgan fingerprint density at radius 1 is 1.14 bits per heavy atom. The molecule has 1 nitrogen and oxygen atoms in total. The highest BCUT2D eigenvalue weighted by atomic mass is 35.5. The summed E-state index contributed by atoms with van der Waals surface area (Å²) in [5.41, 5.74) is 1.91. The zero-order valence-corrected chi connectivity index (χ0v) is 12.8. The molecule has 1 unspecified atom stereocenters. The molecule has 0 heterocycles. The summed E-state index contributed by atoms with van der Waals surface area (Å²) >= 11 is 6.07. The molecule has 0 aliphatic rings. The van der Waals surface area contributed by atoms with Crippen LogP contribution >= 0.6 is 11.6 Å². The Bertz CT molecular complexity index is 608. The first kappa shape index (κ1) is 15.9. The average molecular weight is 310 g/mol. The highest BCUT2D eigenvalue weighted by molar-refractivity contribution is 6.31. The minimum absolute atomic E-state index is 0.293. The number of aryl methyl sites for hydroxylation is 1. The molecule has 0 bridgehead atoms. The van der Waals surface area contributed by atoms with Crippen LogP contribution in [0.5, 0.6) is 0 Å². The molecule has 0 radical (unpaired) electrons. The van der Waals surface area contributed by atoms with E-state index < -0.39 is 0 Å². The molecule has 112 valence electrons. The molecule has 0 aliphatic carbocycles. The minimum atomic E-state index is -0.363. The molecule has 4 heteroatoms. The molecule has 0 spiro atoms. The summed E-state index contributed by atoms with van der Waals surface area (Å²) < 4.78 is 28.0. The van der Waals surface area contributed by atoms with Crippen LogP contribution in [0, 0.1) is 18.6 Å². The third-order valence-electron chi connectivity index (χ3n) is 3.45. The van der Waals surface area contributed by atoms with Gasteiger partial charge in [0.15, 0.2) is 0 Å². The van der Waals surface area contributed by atoms with Crippen molar-refractivity contribution in [2.24, 2.45) is 0 Å². The van der Waals surface area contributed by atoms with Gasteiger partial charge in [-0.05, 0) is 38.1 Å². The van der Waals surface area contributed by atoms with Crippen molar-refractivity contribution >= 4 is 11.6 Å². The van der Waals surface area contributed by atoms with Gasteiger partial charge in [0.05, 0.1) is 0 Å². The largest absolute Gasteiger partial charge is 0.310 e. The predicted molar refractivity (Wildman–Crippen MR) is 82.7 cm³/mol. The molecule has 0 saturated heterocycles. The van der Waals surface area contributed by atoms with E-state index in [0.717, 1.165) is 5.56 Å². The van der Waals surface area contributed by atoms with Gasteiger partial charge in [0, 0.05) is 22.2 Å². The normalized spacial score (nSPS) is 12.4. The van der Waals surface area contributed by atoms with Crippen molar-refractivity contribution in [3.05, 3.63) is 69.7 Å². The number of likely N-dealkylation sites (N-methyl/N-ethyl adjacent to an activating group) is 1. The van der Waals surface area contributed by atoms with Gasteiger partial charge in [-0.3, -0.25) is 0 Å². The van der Waals surface area contributed by atoms with E-state index >= 15 is 0 Å². The number of hydrogen-bond acceptors (Lipinski definition) is 1. The number of benzene rings is 2. The molecule has 2 rings (SSSR count). The van der Waals surface area contributed by atoms with Crippen LogP contribution in [0.1, 0.15) is 29.7 Å². The zero-order valence-electron chi connectivity index (χ0n) is 12.1. The fraction of sp³-hybridized carbons (Fsp3) is 0.294. The van der Waals surface area contributed by atoms with E-state index in [-0.39, 0.29) is 17.7 Å². The van der Waals surface area contributed by atoms with Gasteiger partial charge in [0.25, 0.3) is 0 Å². The van der Waals surface area contributed by atoms with Crippen LogP contribution in [0.25, 0.3) is 0 Å². The Balaban J connectivity index is 2.38. The van der Waals surface area contributed by atoms with Gasteiger partial charge in [0.2, 0.25) is 0 Å². The van der Waals surface area contributed by atoms with Crippen LogP contribution in [-0.4, -0.2) is 6.54 Å². The van der Waals surface area contributed by atoms with Gasteiger partial charge < -0.3 is 5.32 Å². The van der Waals surface area contributed by atoms with Gasteiger partial charge >= 0.3 is 0 Å². The van der Waals surface area contributed by atoms with Crippen LogP contribution in [0.4, 0.5) is 8.78 Å². The number of rotatable bonds is 5. The smallest absolute Gasteiger partial charge is 0.128 e. The maximum absolute atomic E-state index is 14.1. The van der Waals surface area contributed by atoms with Gasteiger partial charge in [-0.2, -0.15) is 0 Å². The summed E-state index contributed by atoms with van der Waals surface area (Å²) in [6, 6.07) is 9.22. The lowest BCUT2D eigenvalue weighted by atomic mass is 9.96. The number of nitrogens with one attached hydrogen (secondary N) is 1. The first-order valence-electron chi connectivity index (χ1n) is 6.95. The van der Waals surface area contributed by atoms with Crippen molar-refractivity contribution in [3.8, 4) is 0 Å². The van der Waals surface area contributed by atoms with Crippen LogP contribution < -0.4 is 5.32 Å². The van der Waals surface area contributed by atoms with Gasteiger partial charge in [0.1, 0.15) is 11.6 Å². The number of halogens is 3. The molecular weight excluding hydrogens is 292 g/mol. The minimum Gasteiger partial charge on any atom is -0.310 e. The van der Waals surface area contributed by atoms with Crippen LogP contribution in [0.2, 0.25) is 5.02 Å². The molecule has 2 aromatic rings. The van der Waals surface area contributed by atoms with Gasteiger partial charge in [-0.1, -0.05) is 42.3 Å². The third-order valence-corrected chi connectivity index (χ3v) is 3.80. The van der Waals surface area contributed by atoms with E-state index in [2.05, 4.69) is 5.32 Å². The summed E-state index contributed by atoms with van der Waals surface area (Å²) in [5, 5.41) is 3.57. The van der Waals surface area contributed by atoms with Crippen molar-refractivity contribution in [1.82, 2.24) is 5.32 Å². The van der Waals surface area contributed by atoms with Crippen molar-refractivity contribution in [2.45, 2.75) is 26.3 Å².